The number of thiophene rings is 1. The molecule has 3 aromatic rings. The summed E-state index contributed by atoms with van der Waals surface area (Å²) in [6, 6.07) is 24.3. The van der Waals surface area contributed by atoms with Gasteiger partial charge in [-0.15, -0.1) is 11.3 Å². The molecule has 0 saturated carbocycles. The average molecular weight is 349 g/mol. The molecule has 0 unspecified atom stereocenters. The summed E-state index contributed by atoms with van der Waals surface area (Å²) >= 11 is 1.94. The highest BCUT2D eigenvalue weighted by Crippen LogP contribution is 2.31. The zero-order valence-corrected chi connectivity index (χ0v) is 16.0. The van der Waals surface area contributed by atoms with Gasteiger partial charge in [-0.1, -0.05) is 80.4 Å². The molecule has 0 atom stereocenters. The van der Waals surface area contributed by atoms with Gasteiger partial charge in [-0.05, 0) is 53.8 Å². The van der Waals surface area contributed by atoms with Crippen molar-refractivity contribution < 1.29 is 0 Å². The summed E-state index contributed by atoms with van der Waals surface area (Å²) in [5.74, 6) is 0.480. The molecule has 0 spiro atoms. The fraction of sp³-hybridized carbons (Fsp3) is 0.333. The van der Waals surface area contributed by atoms with Crippen molar-refractivity contribution in [1.29, 1.82) is 0 Å². The lowest BCUT2D eigenvalue weighted by atomic mass is 9.87. The van der Waals surface area contributed by atoms with Crippen molar-refractivity contribution in [3.63, 3.8) is 0 Å². The van der Waals surface area contributed by atoms with Crippen LogP contribution < -0.4 is 0 Å². The maximum absolute atomic E-state index is 2.34. The van der Waals surface area contributed by atoms with Crippen molar-refractivity contribution in [2.75, 3.05) is 0 Å². The Morgan fingerprint density at radius 1 is 0.760 bits per heavy atom. The van der Waals surface area contributed by atoms with Crippen molar-refractivity contribution in [3.8, 4) is 0 Å². The van der Waals surface area contributed by atoms with Gasteiger partial charge < -0.3 is 0 Å². The van der Waals surface area contributed by atoms with Gasteiger partial charge in [0.1, 0.15) is 0 Å². The first-order valence-electron chi connectivity index (χ1n) is 9.53. The third-order valence-electron chi connectivity index (χ3n) is 4.95. The van der Waals surface area contributed by atoms with Crippen LogP contribution in [0.1, 0.15) is 60.1 Å². The van der Waals surface area contributed by atoms with Gasteiger partial charge >= 0.3 is 0 Å². The quantitative estimate of drug-likeness (QED) is 0.357. The van der Waals surface area contributed by atoms with Gasteiger partial charge in [-0.2, -0.15) is 0 Å². The number of hydrogen-bond acceptors (Lipinski definition) is 1. The third kappa shape index (κ3) is 5.06. The molecular formula is C24H28S. The highest BCUT2D eigenvalue weighted by Gasteiger charge is 2.15. The summed E-state index contributed by atoms with van der Waals surface area (Å²) in [4.78, 5) is 1.59. The molecule has 0 aliphatic rings. The molecule has 0 bridgehead atoms. The van der Waals surface area contributed by atoms with Crippen LogP contribution in [0.15, 0.2) is 72.1 Å². The molecule has 0 aliphatic heterocycles. The van der Waals surface area contributed by atoms with Crippen LogP contribution in [-0.4, -0.2) is 0 Å². The summed E-state index contributed by atoms with van der Waals surface area (Å²) in [6.45, 7) is 2.28. The summed E-state index contributed by atoms with van der Waals surface area (Å²) in [5, 5.41) is 2.27. The van der Waals surface area contributed by atoms with Crippen LogP contribution in [0.4, 0.5) is 0 Å². The number of hydrogen-bond donors (Lipinski definition) is 0. The zero-order valence-electron chi connectivity index (χ0n) is 15.2. The van der Waals surface area contributed by atoms with Crippen molar-refractivity contribution in [1.82, 2.24) is 0 Å². The van der Waals surface area contributed by atoms with Crippen LogP contribution >= 0.6 is 11.3 Å². The third-order valence-corrected chi connectivity index (χ3v) is 5.97. The van der Waals surface area contributed by atoms with E-state index < -0.39 is 0 Å². The van der Waals surface area contributed by atoms with E-state index >= 15 is 0 Å². The molecule has 2 aromatic carbocycles. The standard InChI is InChI=1S/C24H28S/c1-2-3-6-15-22-18-19-25-24(22)17-16-23(20-11-7-4-8-12-20)21-13-9-5-10-14-21/h4-5,7-14,18-19,23H,2-3,6,15-17H2,1H3. The second kappa shape index (κ2) is 9.58. The molecule has 0 aliphatic carbocycles. The fourth-order valence-corrected chi connectivity index (χ4v) is 4.50. The Balaban J connectivity index is 1.73. The van der Waals surface area contributed by atoms with Crippen LogP contribution in [0, 0.1) is 0 Å². The predicted molar refractivity (Wildman–Crippen MR) is 111 cm³/mol. The van der Waals surface area contributed by atoms with E-state index in [1.807, 2.05) is 11.3 Å². The highest BCUT2D eigenvalue weighted by atomic mass is 32.1. The van der Waals surface area contributed by atoms with E-state index in [9.17, 15) is 0 Å². The van der Waals surface area contributed by atoms with E-state index in [2.05, 4.69) is 79.0 Å². The Morgan fingerprint density at radius 3 is 2.00 bits per heavy atom. The Bertz CT molecular complexity index is 688. The lowest BCUT2D eigenvalue weighted by molar-refractivity contribution is 0.698. The summed E-state index contributed by atoms with van der Waals surface area (Å²) in [7, 11) is 0. The highest BCUT2D eigenvalue weighted by molar-refractivity contribution is 7.10. The SMILES string of the molecule is CCCCCc1ccsc1CCC(c1ccccc1)c1ccccc1. The van der Waals surface area contributed by atoms with Crippen LogP contribution in [0.25, 0.3) is 0 Å². The van der Waals surface area contributed by atoms with Crippen molar-refractivity contribution in [2.24, 2.45) is 0 Å². The molecular weight excluding hydrogens is 320 g/mol. The van der Waals surface area contributed by atoms with Crippen molar-refractivity contribution in [3.05, 3.63) is 93.7 Å². The van der Waals surface area contributed by atoms with Gasteiger partial charge in [0.25, 0.3) is 0 Å². The van der Waals surface area contributed by atoms with Gasteiger partial charge in [0.05, 0.1) is 0 Å². The molecule has 3 rings (SSSR count). The van der Waals surface area contributed by atoms with E-state index in [1.54, 1.807) is 10.4 Å². The van der Waals surface area contributed by atoms with Crippen molar-refractivity contribution in [2.45, 2.75) is 51.4 Å². The monoisotopic (exact) mass is 348 g/mol. The first-order chi connectivity index (χ1) is 12.4. The molecule has 130 valence electrons. The topological polar surface area (TPSA) is 0 Å². The van der Waals surface area contributed by atoms with E-state index in [-0.39, 0.29) is 0 Å². The summed E-state index contributed by atoms with van der Waals surface area (Å²) in [6.07, 6.45) is 7.55. The van der Waals surface area contributed by atoms with Gasteiger partial charge in [0, 0.05) is 10.8 Å². The van der Waals surface area contributed by atoms with Crippen LogP contribution in [0.3, 0.4) is 0 Å². The lowest BCUT2D eigenvalue weighted by Crippen LogP contribution is -2.03. The van der Waals surface area contributed by atoms with E-state index in [0.29, 0.717) is 5.92 Å². The number of aryl methyl sites for hydroxylation is 2. The molecule has 0 saturated heterocycles. The largest absolute Gasteiger partial charge is 0.149 e. The lowest BCUT2D eigenvalue weighted by Gasteiger charge is -2.18. The molecule has 1 heteroatoms. The molecule has 1 aromatic heterocycles. The Morgan fingerprint density at radius 2 is 1.40 bits per heavy atom. The molecule has 25 heavy (non-hydrogen) atoms. The molecule has 1 heterocycles. The van der Waals surface area contributed by atoms with Gasteiger partial charge in [0.15, 0.2) is 0 Å². The van der Waals surface area contributed by atoms with Gasteiger partial charge in [-0.3, -0.25) is 0 Å². The van der Waals surface area contributed by atoms with Gasteiger partial charge in [-0.25, -0.2) is 0 Å². The summed E-state index contributed by atoms with van der Waals surface area (Å²) in [5.41, 5.74) is 4.44. The summed E-state index contributed by atoms with van der Waals surface area (Å²) < 4.78 is 0. The van der Waals surface area contributed by atoms with E-state index in [1.165, 1.54) is 49.7 Å². The Hall–Kier alpha value is -1.86. The first-order valence-corrected chi connectivity index (χ1v) is 10.4. The Kier molecular flexibility index (Phi) is 6.88. The smallest absolute Gasteiger partial charge is 0.00927 e. The molecule has 0 fully saturated rings. The van der Waals surface area contributed by atoms with Crippen LogP contribution in [-0.2, 0) is 12.8 Å². The first kappa shape index (κ1) is 17.9. The molecule has 0 amide bonds. The number of unbranched alkanes of at least 4 members (excludes halogenated alkanes) is 2. The van der Waals surface area contributed by atoms with E-state index in [4.69, 9.17) is 0 Å². The fourth-order valence-electron chi connectivity index (χ4n) is 3.55. The minimum Gasteiger partial charge on any atom is -0.149 e. The molecule has 0 radical (unpaired) electrons. The van der Waals surface area contributed by atoms with Gasteiger partial charge in [0.2, 0.25) is 0 Å². The van der Waals surface area contributed by atoms with Crippen LogP contribution in [0.5, 0.6) is 0 Å². The van der Waals surface area contributed by atoms with E-state index in [0.717, 1.165) is 0 Å². The average Bonchev–Trinajstić information content (AvgIpc) is 3.11. The number of rotatable bonds is 9. The predicted octanol–water partition coefficient (Wildman–Crippen LogP) is 7.25. The number of benzene rings is 2. The maximum atomic E-state index is 2.34. The Labute approximate surface area is 156 Å². The second-order valence-corrected chi connectivity index (χ2v) is 7.74. The zero-order chi connectivity index (χ0) is 17.3. The molecule has 0 N–H and O–H groups in total. The minimum atomic E-state index is 0.480. The van der Waals surface area contributed by atoms with Crippen LogP contribution in [0.2, 0.25) is 0 Å². The second-order valence-electron chi connectivity index (χ2n) is 6.74. The molecule has 0 nitrogen and oxygen atoms in total. The maximum Gasteiger partial charge on any atom is 0.00927 e. The normalized spacial score (nSPS) is 11.1. The minimum absolute atomic E-state index is 0.480. The van der Waals surface area contributed by atoms with Crippen molar-refractivity contribution >= 4 is 11.3 Å².